The molecule has 0 radical (unpaired) electrons. The fourth-order valence-electron chi connectivity index (χ4n) is 2.74. The van der Waals surface area contributed by atoms with Crippen LogP contribution in [0.2, 0.25) is 0 Å². The van der Waals surface area contributed by atoms with Gasteiger partial charge in [-0.15, -0.1) is 11.8 Å². The first kappa shape index (κ1) is 21.8. The topological polar surface area (TPSA) is 99.1 Å². The molecule has 1 saturated heterocycles. The molecule has 1 N–H and O–H groups in total. The van der Waals surface area contributed by atoms with Crippen LogP contribution >= 0.6 is 11.8 Å². The Morgan fingerprint density at radius 2 is 1.76 bits per heavy atom. The van der Waals surface area contributed by atoms with Crippen LogP contribution in [-0.4, -0.2) is 53.0 Å². The minimum atomic E-state index is -0.786. The van der Waals surface area contributed by atoms with E-state index in [9.17, 15) is 14.4 Å². The van der Waals surface area contributed by atoms with Gasteiger partial charge in [0.15, 0.2) is 0 Å². The lowest BCUT2D eigenvalue weighted by molar-refractivity contribution is -0.191. The Bertz CT molecular complexity index is 468. The second kappa shape index (κ2) is 10.7. The first-order chi connectivity index (χ1) is 11.7. The highest BCUT2D eigenvalue weighted by Gasteiger charge is 2.43. The summed E-state index contributed by atoms with van der Waals surface area (Å²) in [5.74, 6) is -0.605. The van der Waals surface area contributed by atoms with Gasteiger partial charge >= 0.3 is 17.9 Å². The summed E-state index contributed by atoms with van der Waals surface area (Å²) < 4.78 is 16.5. The molecule has 0 bridgehead atoms. The van der Waals surface area contributed by atoms with Gasteiger partial charge in [0.2, 0.25) is 0 Å². The highest BCUT2D eigenvalue weighted by Crippen LogP contribution is 2.38. The molecule has 5 atom stereocenters. The van der Waals surface area contributed by atoms with E-state index in [1.54, 1.807) is 11.8 Å². The van der Waals surface area contributed by atoms with Gasteiger partial charge in [-0.25, -0.2) is 0 Å². The quantitative estimate of drug-likeness (QED) is 0.484. The molecular formula is C17H28O7S. The van der Waals surface area contributed by atoms with E-state index >= 15 is 0 Å². The van der Waals surface area contributed by atoms with Gasteiger partial charge in [-0.2, -0.15) is 0 Å². The number of hydrogen-bond donors (Lipinski definition) is 1. The third-order valence-corrected chi connectivity index (χ3v) is 5.67. The monoisotopic (exact) mass is 376 g/mol. The molecule has 0 aliphatic carbocycles. The van der Waals surface area contributed by atoms with Crippen LogP contribution in [-0.2, 0) is 28.6 Å². The lowest BCUT2D eigenvalue weighted by Gasteiger charge is -2.43. The summed E-state index contributed by atoms with van der Waals surface area (Å²) in [6.45, 7) is 6.76. The van der Waals surface area contributed by atoms with Crippen LogP contribution in [0.5, 0.6) is 0 Å². The van der Waals surface area contributed by atoms with Crippen LogP contribution < -0.4 is 0 Å². The molecule has 5 unspecified atom stereocenters. The lowest BCUT2D eigenvalue weighted by atomic mass is 9.85. The van der Waals surface area contributed by atoms with Crippen LogP contribution in [0.15, 0.2) is 0 Å². The van der Waals surface area contributed by atoms with Gasteiger partial charge in [0.25, 0.3) is 0 Å². The van der Waals surface area contributed by atoms with E-state index in [1.165, 1.54) is 13.8 Å². The van der Waals surface area contributed by atoms with Crippen molar-refractivity contribution in [3.05, 3.63) is 0 Å². The van der Waals surface area contributed by atoms with Crippen molar-refractivity contribution in [2.45, 2.75) is 64.6 Å². The van der Waals surface area contributed by atoms with E-state index < -0.39 is 24.1 Å². The Morgan fingerprint density at radius 3 is 2.32 bits per heavy atom. The van der Waals surface area contributed by atoms with E-state index in [-0.39, 0.29) is 36.3 Å². The SMILES string of the molecule is CC(=O)OCC1OC(SCCCCC(=O)O)C(C)C(C)C1OC(C)=O. The second-order valence-electron chi connectivity index (χ2n) is 6.36. The predicted molar refractivity (Wildman–Crippen MR) is 93.1 cm³/mol. The van der Waals surface area contributed by atoms with Gasteiger partial charge < -0.3 is 19.3 Å². The third-order valence-electron chi connectivity index (χ3n) is 4.27. The number of rotatable bonds is 9. The number of hydrogen-bond acceptors (Lipinski definition) is 7. The van der Waals surface area contributed by atoms with Crippen molar-refractivity contribution in [2.75, 3.05) is 12.4 Å². The standard InChI is InChI=1S/C17H28O7S/c1-10-11(2)17(25-8-6-5-7-15(20)21)24-14(9-22-12(3)18)16(10)23-13(4)19/h10-11,14,16-17H,5-9H2,1-4H3,(H,20,21). The van der Waals surface area contributed by atoms with E-state index in [1.807, 2.05) is 13.8 Å². The molecule has 1 fully saturated rings. The normalized spacial score (nSPS) is 29.0. The Balaban J connectivity index is 2.63. The minimum Gasteiger partial charge on any atom is -0.481 e. The molecule has 7 nitrogen and oxygen atoms in total. The molecule has 1 aliphatic heterocycles. The minimum absolute atomic E-state index is 0.0421. The number of aliphatic carboxylic acids is 1. The maximum atomic E-state index is 11.4. The molecule has 0 aromatic rings. The fraction of sp³-hybridized carbons (Fsp3) is 0.824. The van der Waals surface area contributed by atoms with Gasteiger partial charge in [-0.05, 0) is 24.5 Å². The Labute approximate surface area is 152 Å². The number of carbonyl (C=O) groups excluding carboxylic acids is 2. The molecule has 8 heteroatoms. The second-order valence-corrected chi connectivity index (χ2v) is 7.57. The molecule has 1 heterocycles. The van der Waals surface area contributed by atoms with Crippen LogP contribution in [0.4, 0.5) is 0 Å². The van der Waals surface area contributed by atoms with Crippen LogP contribution in [0, 0.1) is 11.8 Å². The largest absolute Gasteiger partial charge is 0.481 e. The first-order valence-electron chi connectivity index (χ1n) is 8.51. The maximum Gasteiger partial charge on any atom is 0.303 e. The van der Waals surface area contributed by atoms with Gasteiger partial charge in [-0.3, -0.25) is 14.4 Å². The van der Waals surface area contributed by atoms with Crippen LogP contribution in [0.3, 0.4) is 0 Å². The number of carboxylic acid groups (broad SMARTS) is 1. The molecule has 0 amide bonds. The number of carbonyl (C=O) groups is 3. The highest BCUT2D eigenvalue weighted by molar-refractivity contribution is 7.99. The Hall–Kier alpha value is -1.28. The number of esters is 2. The average Bonchev–Trinajstić information content (AvgIpc) is 2.51. The summed E-state index contributed by atoms with van der Waals surface area (Å²) >= 11 is 1.62. The average molecular weight is 376 g/mol. The van der Waals surface area contributed by atoms with E-state index in [2.05, 4.69) is 0 Å². The third kappa shape index (κ3) is 7.64. The summed E-state index contributed by atoms with van der Waals surface area (Å²) in [6, 6.07) is 0. The smallest absolute Gasteiger partial charge is 0.303 e. The van der Waals surface area contributed by atoms with E-state index in [0.717, 1.165) is 12.2 Å². The van der Waals surface area contributed by atoms with Crippen molar-refractivity contribution in [1.29, 1.82) is 0 Å². The van der Waals surface area contributed by atoms with Crippen LogP contribution in [0.1, 0.15) is 47.0 Å². The van der Waals surface area contributed by atoms with Crippen molar-refractivity contribution in [2.24, 2.45) is 11.8 Å². The van der Waals surface area contributed by atoms with Crippen LogP contribution in [0.25, 0.3) is 0 Å². The number of carboxylic acids is 1. The van der Waals surface area contributed by atoms with Gasteiger partial charge in [0.1, 0.15) is 24.3 Å². The maximum absolute atomic E-state index is 11.4. The van der Waals surface area contributed by atoms with Gasteiger partial charge in [-0.1, -0.05) is 13.8 Å². The molecule has 0 spiro atoms. The van der Waals surface area contributed by atoms with E-state index in [0.29, 0.717) is 6.42 Å². The summed E-state index contributed by atoms with van der Waals surface area (Å²) in [5.41, 5.74) is -0.118. The summed E-state index contributed by atoms with van der Waals surface area (Å²) in [5, 5.41) is 8.66. The van der Waals surface area contributed by atoms with Crippen molar-refractivity contribution < 1.29 is 33.7 Å². The van der Waals surface area contributed by atoms with E-state index in [4.69, 9.17) is 19.3 Å². The first-order valence-corrected chi connectivity index (χ1v) is 9.56. The predicted octanol–water partition coefficient (Wildman–Crippen LogP) is 2.47. The summed E-state index contributed by atoms with van der Waals surface area (Å²) in [4.78, 5) is 33.0. The lowest BCUT2D eigenvalue weighted by Crippen LogP contribution is -2.52. The number of thioether (sulfide) groups is 1. The zero-order valence-corrected chi connectivity index (χ0v) is 16.0. The zero-order valence-electron chi connectivity index (χ0n) is 15.2. The summed E-state index contributed by atoms with van der Waals surface area (Å²) in [7, 11) is 0. The van der Waals surface area contributed by atoms with Crippen molar-refractivity contribution in [3.63, 3.8) is 0 Å². The number of unbranched alkanes of at least 4 members (excludes halogenated alkanes) is 1. The number of ether oxygens (including phenoxy) is 3. The highest BCUT2D eigenvalue weighted by atomic mass is 32.2. The van der Waals surface area contributed by atoms with Crippen molar-refractivity contribution in [3.8, 4) is 0 Å². The van der Waals surface area contributed by atoms with Gasteiger partial charge in [0, 0.05) is 26.2 Å². The van der Waals surface area contributed by atoms with Crippen molar-refractivity contribution >= 4 is 29.7 Å². The fourth-order valence-corrected chi connectivity index (χ4v) is 4.11. The molecule has 1 aliphatic rings. The molecule has 0 saturated carbocycles. The molecule has 144 valence electrons. The Morgan fingerprint density at radius 1 is 1.08 bits per heavy atom. The molecule has 0 aromatic carbocycles. The summed E-state index contributed by atoms with van der Waals surface area (Å²) in [6.07, 6.45) is 0.624. The zero-order chi connectivity index (χ0) is 19.0. The molecular weight excluding hydrogens is 348 g/mol. The van der Waals surface area contributed by atoms with Gasteiger partial charge in [0.05, 0.1) is 0 Å². The molecule has 25 heavy (non-hydrogen) atoms. The Kier molecular flexibility index (Phi) is 9.27. The molecule has 0 aromatic heterocycles. The molecule has 1 rings (SSSR count). The van der Waals surface area contributed by atoms with Crippen molar-refractivity contribution in [1.82, 2.24) is 0 Å².